The number of carbonyl (C=O) groups is 2. The number of ether oxygens (including phenoxy) is 1. The van der Waals surface area contributed by atoms with Gasteiger partial charge in [-0.05, 0) is 48.9 Å². The zero-order valence-corrected chi connectivity index (χ0v) is 14.2. The topological polar surface area (TPSA) is 55.4 Å². The Morgan fingerprint density at radius 1 is 0.920 bits per heavy atom. The molecule has 0 saturated heterocycles. The fourth-order valence-corrected chi connectivity index (χ4v) is 2.48. The Bertz CT molecular complexity index is 916. The van der Waals surface area contributed by atoms with Crippen molar-refractivity contribution >= 4 is 28.3 Å². The maximum Gasteiger partial charge on any atom is 0.338 e. The van der Waals surface area contributed by atoms with E-state index in [0.717, 1.165) is 16.3 Å². The van der Waals surface area contributed by atoms with E-state index in [1.807, 2.05) is 61.5 Å². The summed E-state index contributed by atoms with van der Waals surface area (Å²) in [6.07, 6.45) is -0.889. The number of anilines is 1. The van der Waals surface area contributed by atoms with E-state index in [9.17, 15) is 9.59 Å². The van der Waals surface area contributed by atoms with Gasteiger partial charge >= 0.3 is 5.97 Å². The fourth-order valence-electron chi connectivity index (χ4n) is 2.48. The molecule has 1 amide bonds. The number of hydrogen-bond donors (Lipinski definition) is 1. The van der Waals surface area contributed by atoms with Gasteiger partial charge in [0, 0.05) is 5.69 Å². The summed E-state index contributed by atoms with van der Waals surface area (Å²) < 4.78 is 5.29. The average molecular weight is 333 g/mol. The lowest BCUT2D eigenvalue weighted by molar-refractivity contribution is -0.123. The molecule has 4 heteroatoms. The molecule has 1 N–H and O–H groups in total. The predicted molar refractivity (Wildman–Crippen MR) is 98.6 cm³/mol. The third-order valence-electron chi connectivity index (χ3n) is 3.96. The van der Waals surface area contributed by atoms with Crippen LogP contribution in [0.3, 0.4) is 0 Å². The first-order valence-corrected chi connectivity index (χ1v) is 8.10. The van der Waals surface area contributed by atoms with Gasteiger partial charge in [0.25, 0.3) is 5.91 Å². The van der Waals surface area contributed by atoms with E-state index >= 15 is 0 Å². The van der Waals surface area contributed by atoms with Crippen molar-refractivity contribution in [1.82, 2.24) is 0 Å². The van der Waals surface area contributed by atoms with E-state index in [0.29, 0.717) is 11.3 Å². The quantitative estimate of drug-likeness (QED) is 0.723. The summed E-state index contributed by atoms with van der Waals surface area (Å²) in [5.74, 6) is -0.879. The first-order chi connectivity index (χ1) is 12.0. The molecule has 0 radical (unpaired) electrons. The third kappa shape index (κ3) is 4.04. The molecular weight excluding hydrogens is 314 g/mol. The number of hydrogen-bond acceptors (Lipinski definition) is 3. The first-order valence-electron chi connectivity index (χ1n) is 8.10. The normalized spacial score (nSPS) is 11.8. The molecule has 3 rings (SSSR count). The Kier molecular flexibility index (Phi) is 4.80. The van der Waals surface area contributed by atoms with E-state index in [1.54, 1.807) is 19.1 Å². The summed E-state index contributed by atoms with van der Waals surface area (Å²) in [6.45, 7) is 3.53. The molecule has 3 aromatic carbocycles. The molecule has 0 aliphatic heterocycles. The van der Waals surface area contributed by atoms with Crippen LogP contribution in [-0.4, -0.2) is 18.0 Å². The lowest BCUT2D eigenvalue weighted by Crippen LogP contribution is -2.30. The minimum absolute atomic E-state index is 0.363. The van der Waals surface area contributed by atoms with Crippen molar-refractivity contribution in [1.29, 1.82) is 0 Å². The predicted octanol–water partition coefficient (Wildman–Crippen LogP) is 4.33. The van der Waals surface area contributed by atoms with Crippen molar-refractivity contribution < 1.29 is 14.3 Å². The lowest BCUT2D eigenvalue weighted by atomic mass is 10.1. The summed E-state index contributed by atoms with van der Waals surface area (Å²) in [4.78, 5) is 24.5. The van der Waals surface area contributed by atoms with Crippen LogP contribution < -0.4 is 5.32 Å². The molecule has 0 spiro atoms. The minimum atomic E-state index is -0.889. The van der Waals surface area contributed by atoms with Gasteiger partial charge < -0.3 is 10.1 Å². The fraction of sp³-hybridized carbons (Fsp3) is 0.143. The molecule has 4 nitrogen and oxygen atoms in total. The number of carbonyl (C=O) groups excluding carboxylic acids is 2. The zero-order chi connectivity index (χ0) is 17.8. The van der Waals surface area contributed by atoms with Crippen molar-refractivity contribution in [2.24, 2.45) is 0 Å². The van der Waals surface area contributed by atoms with Crippen LogP contribution in [0.4, 0.5) is 5.69 Å². The number of benzene rings is 3. The van der Waals surface area contributed by atoms with Gasteiger partial charge in [0.1, 0.15) is 0 Å². The van der Waals surface area contributed by atoms with Gasteiger partial charge in [0.2, 0.25) is 0 Å². The Morgan fingerprint density at radius 3 is 2.32 bits per heavy atom. The van der Waals surface area contributed by atoms with Crippen LogP contribution in [0.2, 0.25) is 0 Å². The molecule has 0 fully saturated rings. The maximum absolute atomic E-state index is 12.3. The van der Waals surface area contributed by atoms with Crippen LogP contribution in [-0.2, 0) is 9.53 Å². The lowest BCUT2D eigenvalue weighted by Gasteiger charge is -2.14. The van der Waals surface area contributed by atoms with Crippen molar-refractivity contribution in [3.63, 3.8) is 0 Å². The van der Waals surface area contributed by atoms with Crippen LogP contribution in [0.25, 0.3) is 10.8 Å². The summed E-state index contributed by atoms with van der Waals surface area (Å²) in [5.41, 5.74) is 2.20. The maximum atomic E-state index is 12.3. The largest absolute Gasteiger partial charge is 0.449 e. The number of rotatable bonds is 4. The van der Waals surface area contributed by atoms with Crippen LogP contribution >= 0.6 is 0 Å². The Balaban J connectivity index is 1.66. The number of nitrogens with one attached hydrogen (secondary N) is 1. The molecule has 1 atom stereocenters. The van der Waals surface area contributed by atoms with E-state index in [2.05, 4.69) is 5.32 Å². The first kappa shape index (κ1) is 16.7. The second kappa shape index (κ2) is 7.18. The SMILES string of the molecule is Cc1ccc(NC(=O)[C@@H](C)OC(=O)c2ccc3ccccc3c2)cc1. The molecule has 0 saturated carbocycles. The molecule has 0 aliphatic carbocycles. The van der Waals surface area contributed by atoms with Gasteiger partial charge in [-0.3, -0.25) is 4.79 Å². The monoisotopic (exact) mass is 333 g/mol. The highest BCUT2D eigenvalue weighted by Gasteiger charge is 2.19. The van der Waals surface area contributed by atoms with Gasteiger partial charge in [0.05, 0.1) is 5.56 Å². The molecule has 0 heterocycles. The van der Waals surface area contributed by atoms with Crippen LogP contribution in [0.15, 0.2) is 66.7 Å². The summed E-state index contributed by atoms with van der Waals surface area (Å²) >= 11 is 0. The highest BCUT2D eigenvalue weighted by atomic mass is 16.5. The molecule has 0 aliphatic rings. The summed E-state index contributed by atoms with van der Waals surface area (Å²) in [5, 5.41) is 4.74. The van der Waals surface area contributed by atoms with E-state index in [4.69, 9.17) is 4.74 Å². The number of aryl methyl sites for hydroxylation is 1. The van der Waals surface area contributed by atoms with Gasteiger partial charge in [-0.1, -0.05) is 48.0 Å². The number of amides is 1. The summed E-state index contributed by atoms with van der Waals surface area (Å²) in [6, 6.07) is 20.5. The standard InChI is InChI=1S/C21H19NO3/c1-14-7-11-19(12-8-14)22-20(23)15(2)25-21(24)18-10-9-16-5-3-4-6-17(16)13-18/h3-13,15H,1-2H3,(H,22,23)/t15-/m1/s1. The Hall–Kier alpha value is -3.14. The molecule has 126 valence electrons. The van der Waals surface area contributed by atoms with Crippen LogP contribution in [0.1, 0.15) is 22.8 Å². The number of esters is 1. The van der Waals surface area contributed by atoms with Gasteiger partial charge in [-0.25, -0.2) is 4.79 Å². The zero-order valence-electron chi connectivity index (χ0n) is 14.2. The highest BCUT2D eigenvalue weighted by molar-refractivity contribution is 5.99. The molecule has 0 aromatic heterocycles. The third-order valence-corrected chi connectivity index (χ3v) is 3.96. The highest BCUT2D eigenvalue weighted by Crippen LogP contribution is 2.17. The number of fused-ring (bicyclic) bond motifs is 1. The molecule has 0 bridgehead atoms. The average Bonchev–Trinajstić information content (AvgIpc) is 2.63. The molecule has 25 heavy (non-hydrogen) atoms. The summed E-state index contributed by atoms with van der Waals surface area (Å²) in [7, 11) is 0. The molecular formula is C21H19NO3. The second-order valence-electron chi connectivity index (χ2n) is 5.96. The van der Waals surface area contributed by atoms with Gasteiger partial charge in [-0.15, -0.1) is 0 Å². The van der Waals surface area contributed by atoms with Crippen molar-refractivity contribution in [3.05, 3.63) is 77.9 Å². The molecule has 0 unspecified atom stereocenters. The van der Waals surface area contributed by atoms with Crippen LogP contribution in [0, 0.1) is 6.92 Å². The van der Waals surface area contributed by atoms with Crippen molar-refractivity contribution in [2.75, 3.05) is 5.32 Å². The Labute approximate surface area is 146 Å². The van der Waals surface area contributed by atoms with E-state index in [1.165, 1.54) is 0 Å². The second-order valence-corrected chi connectivity index (χ2v) is 5.96. The van der Waals surface area contributed by atoms with Gasteiger partial charge in [0.15, 0.2) is 6.10 Å². The van der Waals surface area contributed by atoms with E-state index in [-0.39, 0.29) is 5.91 Å². The van der Waals surface area contributed by atoms with Crippen molar-refractivity contribution in [3.8, 4) is 0 Å². The minimum Gasteiger partial charge on any atom is -0.449 e. The van der Waals surface area contributed by atoms with Gasteiger partial charge in [-0.2, -0.15) is 0 Å². The molecule has 3 aromatic rings. The Morgan fingerprint density at radius 2 is 1.60 bits per heavy atom. The smallest absolute Gasteiger partial charge is 0.338 e. The van der Waals surface area contributed by atoms with Crippen molar-refractivity contribution in [2.45, 2.75) is 20.0 Å². The van der Waals surface area contributed by atoms with E-state index < -0.39 is 12.1 Å². The van der Waals surface area contributed by atoms with Crippen LogP contribution in [0.5, 0.6) is 0 Å².